The van der Waals surface area contributed by atoms with Gasteiger partial charge in [0.15, 0.2) is 23.1 Å². The van der Waals surface area contributed by atoms with Gasteiger partial charge in [0.25, 0.3) is 0 Å². The van der Waals surface area contributed by atoms with Crippen LogP contribution in [0.3, 0.4) is 0 Å². The van der Waals surface area contributed by atoms with Crippen LogP contribution in [0.25, 0.3) is 54.4 Å². The molecule has 0 saturated heterocycles. The minimum Gasteiger partial charge on any atom is -0.489 e. The molecule has 0 saturated carbocycles. The molecule has 4 nitrogen and oxygen atoms in total. The number of unbranched alkanes of at least 4 members (excludes halogenated alkanes) is 18. The zero-order chi connectivity index (χ0) is 41.8. The predicted molar refractivity (Wildman–Crippen MR) is 252 cm³/mol. The molecule has 0 spiro atoms. The fourth-order valence-electron chi connectivity index (χ4n) is 7.97. The Hall–Kier alpha value is -4.14. The zero-order valence-electron chi connectivity index (χ0n) is 35.9. The van der Waals surface area contributed by atoms with E-state index >= 15 is 0 Å². The summed E-state index contributed by atoms with van der Waals surface area (Å²) in [4.78, 5) is 12.9. The summed E-state index contributed by atoms with van der Waals surface area (Å²) in [5.41, 5.74) is 5.35. The van der Waals surface area contributed by atoms with Crippen LogP contribution in [-0.2, 0) is 0 Å². The van der Waals surface area contributed by atoms with Crippen LogP contribution in [0.1, 0.15) is 142 Å². The number of thiophene rings is 2. The van der Waals surface area contributed by atoms with Gasteiger partial charge in [-0.15, -0.1) is 22.7 Å². The lowest BCUT2D eigenvalue weighted by molar-refractivity contribution is 0.260. The van der Waals surface area contributed by atoms with Crippen molar-refractivity contribution in [3.05, 3.63) is 95.2 Å². The summed E-state index contributed by atoms with van der Waals surface area (Å²) in [5.74, 6) is -0.457. The third-order valence-electron chi connectivity index (χ3n) is 11.3. The van der Waals surface area contributed by atoms with Gasteiger partial charge in [-0.25, -0.2) is 18.7 Å². The molecule has 3 aromatic carbocycles. The number of aromatic nitrogens is 2. The molecular weight excluding hydrogens is 787 g/mol. The third kappa shape index (κ3) is 12.7. The molecule has 0 fully saturated rings. The van der Waals surface area contributed by atoms with E-state index in [1.165, 1.54) is 109 Å². The molecule has 0 aliphatic carbocycles. The van der Waals surface area contributed by atoms with Gasteiger partial charge in [-0.3, -0.25) is 0 Å². The Balaban J connectivity index is 1.39. The second kappa shape index (κ2) is 25.0. The first kappa shape index (κ1) is 45.4. The van der Waals surface area contributed by atoms with Crippen LogP contribution in [0.4, 0.5) is 8.78 Å². The standard InChI is InChI=1S/C52H64F2N2O2S2/c1-3-5-7-9-11-13-15-17-19-24-34-57-51-45(43-30-26-36-59-43)49-50(56-48(40-32-33-41(53)42(54)38-40)47(55-49)39-28-22-21-23-29-39)46(44-31-27-37-60-44)52(51)58-35-25-20-18-16-14-12-10-8-6-4-2/h21-23,26-33,36-38H,3-20,24-25,34-35H2,1-2H3. The molecule has 0 amide bonds. The summed E-state index contributed by atoms with van der Waals surface area (Å²) >= 11 is 3.25. The van der Waals surface area contributed by atoms with E-state index in [0.29, 0.717) is 52.7 Å². The third-order valence-corrected chi connectivity index (χ3v) is 13.1. The maximum atomic E-state index is 15.0. The maximum Gasteiger partial charge on any atom is 0.172 e. The van der Waals surface area contributed by atoms with Gasteiger partial charge < -0.3 is 9.47 Å². The molecule has 0 N–H and O–H groups in total. The molecule has 60 heavy (non-hydrogen) atoms. The van der Waals surface area contributed by atoms with Gasteiger partial charge >= 0.3 is 0 Å². The van der Waals surface area contributed by atoms with Gasteiger partial charge in [0.2, 0.25) is 0 Å². The largest absolute Gasteiger partial charge is 0.489 e. The van der Waals surface area contributed by atoms with Crippen molar-refractivity contribution in [3.8, 4) is 54.9 Å². The number of rotatable bonds is 28. The van der Waals surface area contributed by atoms with Gasteiger partial charge in [-0.2, -0.15) is 0 Å². The Labute approximate surface area is 365 Å². The molecule has 3 heterocycles. The number of ether oxygens (including phenoxy) is 2. The number of benzene rings is 3. The summed E-state index contributed by atoms with van der Waals surface area (Å²) in [7, 11) is 0. The normalized spacial score (nSPS) is 11.5. The molecule has 0 aliphatic rings. The van der Waals surface area contributed by atoms with E-state index in [1.54, 1.807) is 28.7 Å². The lowest BCUT2D eigenvalue weighted by atomic mass is 9.98. The number of hydrogen-bond donors (Lipinski definition) is 0. The van der Waals surface area contributed by atoms with Crippen LogP contribution in [0, 0.1) is 11.6 Å². The van der Waals surface area contributed by atoms with Crippen LogP contribution >= 0.6 is 22.7 Å². The molecule has 6 rings (SSSR count). The smallest absolute Gasteiger partial charge is 0.172 e. The molecule has 6 aromatic rings. The second-order valence-electron chi connectivity index (χ2n) is 16.0. The molecular formula is C52H64F2N2O2S2. The minimum atomic E-state index is -0.928. The van der Waals surface area contributed by atoms with Crippen LogP contribution in [-0.4, -0.2) is 23.2 Å². The van der Waals surface area contributed by atoms with Crippen molar-refractivity contribution >= 4 is 33.7 Å². The quantitative estimate of drug-likeness (QED) is 0.0461. The van der Waals surface area contributed by atoms with Crippen molar-refractivity contribution in [2.75, 3.05) is 13.2 Å². The molecule has 0 aliphatic heterocycles. The van der Waals surface area contributed by atoms with Gasteiger partial charge in [0, 0.05) is 20.9 Å². The Morgan fingerprint density at radius 2 is 0.883 bits per heavy atom. The number of halogens is 2. The summed E-state index contributed by atoms with van der Waals surface area (Å²) < 4.78 is 43.3. The van der Waals surface area contributed by atoms with E-state index in [2.05, 4.69) is 42.8 Å². The highest BCUT2D eigenvalue weighted by atomic mass is 32.1. The van der Waals surface area contributed by atoms with Crippen LogP contribution in [0.2, 0.25) is 0 Å². The first-order valence-electron chi connectivity index (χ1n) is 22.9. The fourth-order valence-corrected chi connectivity index (χ4v) is 9.51. The average molecular weight is 851 g/mol. The molecule has 0 bridgehead atoms. The van der Waals surface area contributed by atoms with E-state index in [-0.39, 0.29) is 0 Å². The first-order chi connectivity index (χ1) is 29.6. The number of hydrogen-bond acceptors (Lipinski definition) is 6. The minimum absolute atomic E-state index is 0.450. The Bertz CT molecular complexity index is 2140. The van der Waals surface area contributed by atoms with E-state index in [9.17, 15) is 8.78 Å². The van der Waals surface area contributed by atoms with Crippen LogP contribution < -0.4 is 9.47 Å². The summed E-state index contributed by atoms with van der Waals surface area (Å²) in [6, 6.07) is 22.1. The summed E-state index contributed by atoms with van der Waals surface area (Å²) in [6.07, 6.45) is 24.9. The van der Waals surface area contributed by atoms with E-state index in [0.717, 1.165) is 58.2 Å². The highest BCUT2D eigenvalue weighted by Gasteiger charge is 2.29. The zero-order valence-corrected chi connectivity index (χ0v) is 37.6. The monoisotopic (exact) mass is 850 g/mol. The molecule has 0 atom stereocenters. The second-order valence-corrected chi connectivity index (χ2v) is 17.9. The van der Waals surface area contributed by atoms with Gasteiger partial charge in [-0.05, 0) is 53.9 Å². The van der Waals surface area contributed by atoms with E-state index < -0.39 is 11.6 Å². The maximum absolute atomic E-state index is 15.0. The Kier molecular flexibility index (Phi) is 18.9. The molecule has 3 aromatic heterocycles. The van der Waals surface area contributed by atoms with Gasteiger partial charge in [-0.1, -0.05) is 172 Å². The fraction of sp³-hybridized carbons (Fsp3) is 0.462. The Morgan fingerprint density at radius 3 is 1.30 bits per heavy atom. The van der Waals surface area contributed by atoms with Crippen molar-refractivity contribution in [2.45, 2.75) is 142 Å². The summed E-state index contributed by atoms with van der Waals surface area (Å²) in [6.45, 7) is 5.64. The Morgan fingerprint density at radius 1 is 0.450 bits per heavy atom. The SMILES string of the molecule is CCCCCCCCCCCCOc1c(OCCCCCCCCCCCC)c(-c2cccs2)c2nc(-c3ccc(F)c(F)c3)c(-c3ccccc3)nc2c1-c1cccs1. The molecule has 0 radical (unpaired) electrons. The van der Waals surface area contributed by atoms with E-state index in [4.69, 9.17) is 19.4 Å². The van der Waals surface area contributed by atoms with Crippen molar-refractivity contribution < 1.29 is 18.3 Å². The highest BCUT2D eigenvalue weighted by Crippen LogP contribution is 2.53. The first-order valence-corrected chi connectivity index (χ1v) is 24.6. The lowest BCUT2D eigenvalue weighted by Gasteiger charge is -2.22. The highest BCUT2D eigenvalue weighted by molar-refractivity contribution is 7.14. The molecule has 320 valence electrons. The number of fused-ring (bicyclic) bond motifs is 1. The van der Waals surface area contributed by atoms with Gasteiger partial charge in [0.1, 0.15) is 11.0 Å². The van der Waals surface area contributed by atoms with Crippen molar-refractivity contribution in [2.24, 2.45) is 0 Å². The molecule has 0 unspecified atom stereocenters. The average Bonchev–Trinajstić information content (AvgIpc) is 4.01. The predicted octanol–water partition coefficient (Wildman–Crippen LogP) is 17.3. The van der Waals surface area contributed by atoms with Crippen molar-refractivity contribution in [1.29, 1.82) is 0 Å². The van der Waals surface area contributed by atoms with Crippen LogP contribution in [0.15, 0.2) is 83.6 Å². The lowest BCUT2D eigenvalue weighted by Crippen LogP contribution is -2.08. The number of nitrogens with zero attached hydrogens (tertiary/aromatic N) is 2. The van der Waals surface area contributed by atoms with Gasteiger partial charge in [0.05, 0.1) is 35.7 Å². The summed E-state index contributed by atoms with van der Waals surface area (Å²) in [5, 5.41) is 4.14. The molecule has 8 heteroatoms. The topological polar surface area (TPSA) is 44.2 Å². The van der Waals surface area contributed by atoms with Crippen molar-refractivity contribution in [1.82, 2.24) is 9.97 Å². The van der Waals surface area contributed by atoms with Crippen LogP contribution in [0.5, 0.6) is 11.5 Å². The van der Waals surface area contributed by atoms with E-state index in [1.807, 2.05) is 36.4 Å². The van der Waals surface area contributed by atoms with Crippen molar-refractivity contribution in [3.63, 3.8) is 0 Å².